The predicted molar refractivity (Wildman–Crippen MR) is 75.2 cm³/mol. The van der Waals surface area contributed by atoms with Crippen molar-refractivity contribution in [2.24, 2.45) is 0 Å². The van der Waals surface area contributed by atoms with E-state index in [2.05, 4.69) is 20.8 Å². The Bertz CT molecular complexity index is 533. The molecule has 0 unspecified atom stereocenters. The number of hydrogen-bond donors (Lipinski definition) is 3. The van der Waals surface area contributed by atoms with Gasteiger partial charge in [-0.05, 0) is 24.1 Å². The minimum Gasteiger partial charge on any atom is -0.394 e. The number of carbonyl (C=O) groups is 1. The Balaban J connectivity index is 1.88. The number of carbonyl (C=O) groups excluding carboxylic acids is 1. The van der Waals surface area contributed by atoms with Gasteiger partial charge in [0.05, 0.1) is 12.6 Å². The van der Waals surface area contributed by atoms with Crippen molar-refractivity contribution < 1.29 is 9.90 Å². The number of aliphatic hydroxyl groups excluding tert-OH is 1. The first-order valence-electron chi connectivity index (χ1n) is 6.28. The van der Waals surface area contributed by atoms with Crippen LogP contribution >= 0.6 is 0 Å². The first-order chi connectivity index (χ1) is 9.78. The average molecular weight is 272 g/mol. The SMILES string of the molecule is O=C(Nc1cccnn1)N[C@@H](CO)Cc1ccccc1. The van der Waals surface area contributed by atoms with Crippen molar-refractivity contribution in [1.82, 2.24) is 15.5 Å². The maximum Gasteiger partial charge on any atom is 0.320 e. The van der Waals surface area contributed by atoms with Gasteiger partial charge >= 0.3 is 6.03 Å². The van der Waals surface area contributed by atoms with Crippen LogP contribution in [0.4, 0.5) is 10.6 Å². The Morgan fingerprint density at radius 3 is 2.65 bits per heavy atom. The summed E-state index contributed by atoms with van der Waals surface area (Å²) in [6, 6.07) is 12.2. The van der Waals surface area contributed by atoms with Gasteiger partial charge in [-0.2, -0.15) is 5.10 Å². The fraction of sp³-hybridized carbons (Fsp3) is 0.214. The fourth-order valence-electron chi connectivity index (χ4n) is 1.77. The zero-order valence-electron chi connectivity index (χ0n) is 10.9. The van der Waals surface area contributed by atoms with Crippen molar-refractivity contribution in [3.05, 3.63) is 54.2 Å². The Hall–Kier alpha value is -2.47. The van der Waals surface area contributed by atoms with Gasteiger partial charge in [-0.15, -0.1) is 5.10 Å². The first kappa shape index (κ1) is 14.0. The Morgan fingerprint density at radius 1 is 1.20 bits per heavy atom. The molecule has 0 bridgehead atoms. The third-order valence-corrected chi connectivity index (χ3v) is 2.69. The molecule has 0 saturated heterocycles. The van der Waals surface area contributed by atoms with E-state index in [-0.39, 0.29) is 12.6 Å². The second-order valence-electron chi connectivity index (χ2n) is 4.28. The Labute approximate surface area is 116 Å². The number of nitrogens with one attached hydrogen (secondary N) is 2. The van der Waals surface area contributed by atoms with Gasteiger partial charge in [0.15, 0.2) is 5.82 Å². The van der Waals surface area contributed by atoms with Crippen LogP contribution in [0.3, 0.4) is 0 Å². The number of hydrogen-bond acceptors (Lipinski definition) is 4. The zero-order valence-corrected chi connectivity index (χ0v) is 10.9. The molecular formula is C14H16N4O2. The van der Waals surface area contributed by atoms with E-state index in [1.54, 1.807) is 12.1 Å². The maximum absolute atomic E-state index is 11.8. The smallest absolute Gasteiger partial charge is 0.320 e. The highest BCUT2D eigenvalue weighted by molar-refractivity contribution is 5.88. The summed E-state index contributed by atoms with van der Waals surface area (Å²) in [4.78, 5) is 11.8. The second-order valence-corrected chi connectivity index (χ2v) is 4.28. The highest BCUT2D eigenvalue weighted by atomic mass is 16.3. The summed E-state index contributed by atoms with van der Waals surface area (Å²) >= 11 is 0. The summed E-state index contributed by atoms with van der Waals surface area (Å²) in [6.45, 7) is -0.136. The lowest BCUT2D eigenvalue weighted by atomic mass is 10.1. The Morgan fingerprint density at radius 2 is 2.00 bits per heavy atom. The standard InChI is InChI=1S/C14H16N4O2/c19-10-12(9-11-5-2-1-3-6-11)16-14(20)17-13-7-4-8-15-18-13/h1-8,12,19H,9-10H2,(H2,16,17,18,20)/t12-/m1/s1. The van der Waals surface area contributed by atoms with E-state index >= 15 is 0 Å². The molecule has 1 aromatic carbocycles. The maximum atomic E-state index is 11.8. The summed E-state index contributed by atoms with van der Waals surface area (Å²) in [7, 11) is 0. The molecule has 0 aliphatic carbocycles. The molecule has 1 atom stereocenters. The molecular weight excluding hydrogens is 256 g/mol. The molecule has 3 N–H and O–H groups in total. The van der Waals surface area contributed by atoms with Crippen LogP contribution < -0.4 is 10.6 Å². The number of anilines is 1. The van der Waals surface area contributed by atoms with E-state index < -0.39 is 6.03 Å². The van der Waals surface area contributed by atoms with Gasteiger partial charge in [0.1, 0.15) is 0 Å². The number of benzene rings is 1. The number of amides is 2. The summed E-state index contributed by atoms with van der Waals surface area (Å²) in [6.07, 6.45) is 2.08. The van der Waals surface area contributed by atoms with E-state index in [0.29, 0.717) is 12.2 Å². The summed E-state index contributed by atoms with van der Waals surface area (Å²) in [5.74, 6) is 0.362. The van der Waals surface area contributed by atoms with Gasteiger partial charge in [0.2, 0.25) is 0 Å². The van der Waals surface area contributed by atoms with Crippen LogP contribution in [0.5, 0.6) is 0 Å². The van der Waals surface area contributed by atoms with Gasteiger partial charge < -0.3 is 10.4 Å². The molecule has 2 rings (SSSR count). The monoisotopic (exact) mass is 272 g/mol. The lowest BCUT2D eigenvalue weighted by Gasteiger charge is -2.16. The van der Waals surface area contributed by atoms with Crippen molar-refractivity contribution in [2.45, 2.75) is 12.5 Å². The lowest BCUT2D eigenvalue weighted by molar-refractivity contribution is 0.224. The van der Waals surface area contributed by atoms with E-state index in [1.165, 1.54) is 6.20 Å². The van der Waals surface area contributed by atoms with Crippen molar-refractivity contribution in [1.29, 1.82) is 0 Å². The van der Waals surface area contributed by atoms with E-state index in [1.807, 2.05) is 30.3 Å². The van der Waals surface area contributed by atoms with Crippen molar-refractivity contribution in [2.75, 3.05) is 11.9 Å². The van der Waals surface area contributed by atoms with Crippen LogP contribution in [0.1, 0.15) is 5.56 Å². The van der Waals surface area contributed by atoms with Crippen LogP contribution in [-0.2, 0) is 6.42 Å². The van der Waals surface area contributed by atoms with E-state index in [0.717, 1.165) is 5.56 Å². The summed E-state index contributed by atoms with van der Waals surface area (Å²) in [5.41, 5.74) is 1.05. The number of rotatable bonds is 5. The van der Waals surface area contributed by atoms with Crippen LogP contribution in [-0.4, -0.2) is 34.0 Å². The normalized spacial score (nSPS) is 11.7. The molecule has 0 fully saturated rings. The topological polar surface area (TPSA) is 87.1 Å². The third-order valence-electron chi connectivity index (χ3n) is 2.69. The third kappa shape index (κ3) is 4.33. The minimum atomic E-state index is -0.416. The molecule has 1 aromatic heterocycles. The molecule has 2 amide bonds. The molecule has 0 spiro atoms. The van der Waals surface area contributed by atoms with Crippen LogP contribution in [0.15, 0.2) is 48.7 Å². The number of aliphatic hydroxyl groups is 1. The van der Waals surface area contributed by atoms with Crippen molar-refractivity contribution >= 4 is 11.8 Å². The molecule has 0 aliphatic rings. The predicted octanol–water partition coefficient (Wildman–Crippen LogP) is 1.20. The van der Waals surface area contributed by atoms with Gasteiger partial charge in [-0.3, -0.25) is 5.32 Å². The van der Waals surface area contributed by atoms with Gasteiger partial charge in [-0.1, -0.05) is 30.3 Å². The molecule has 6 heteroatoms. The van der Waals surface area contributed by atoms with Crippen LogP contribution in [0.2, 0.25) is 0 Å². The summed E-state index contributed by atoms with van der Waals surface area (Å²) < 4.78 is 0. The van der Waals surface area contributed by atoms with Crippen LogP contribution in [0.25, 0.3) is 0 Å². The number of urea groups is 1. The van der Waals surface area contributed by atoms with Crippen LogP contribution in [0, 0.1) is 0 Å². The molecule has 0 radical (unpaired) electrons. The molecule has 0 aliphatic heterocycles. The summed E-state index contributed by atoms with van der Waals surface area (Å²) in [5, 5.41) is 22.0. The van der Waals surface area contributed by atoms with Gasteiger partial charge in [0, 0.05) is 6.20 Å². The molecule has 104 valence electrons. The first-order valence-corrected chi connectivity index (χ1v) is 6.28. The Kier molecular flexibility index (Phi) is 5.02. The van der Waals surface area contributed by atoms with Crippen molar-refractivity contribution in [3.8, 4) is 0 Å². The fourth-order valence-corrected chi connectivity index (χ4v) is 1.77. The van der Waals surface area contributed by atoms with Gasteiger partial charge in [0.25, 0.3) is 0 Å². The van der Waals surface area contributed by atoms with Gasteiger partial charge in [-0.25, -0.2) is 4.79 Å². The number of aromatic nitrogens is 2. The van der Waals surface area contributed by atoms with E-state index in [9.17, 15) is 9.90 Å². The molecule has 2 aromatic rings. The second kappa shape index (κ2) is 7.20. The van der Waals surface area contributed by atoms with Crippen molar-refractivity contribution in [3.63, 3.8) is 0 Å². The lowest BCUT2D eigenvalue weighted by Crippen LogP contribution is -2.41. The number of nitrogens with zero attached hydrogens (tertiary/aromatic N) is 2. The van der Waals surface area contributed by atoms with E-state index in [4.69, 9.17) is 0 Å². The quantitative estimate of drug-likeness (QED) is 0.763. The molecule has 0 saturated carbocycles. The largest absolute Gasteiger partial charge is 0.394 e. The average Bonchev–Trinajstić information content (AvgIpc) is 2.48. The zero-order chi connectivity index (χ0) is 14.2. The minimum absolute atomic E-state index is 0.136. The highest BCUT2D eigenvalue weighted by Gasteiger charge is 2.12. The molecule has 20 heavy (non-hydrogen) atoms. The highest BCUT2D eigenvalue weighted by Crippen LogP contribution is 2.03. The molecule has 6 nitrogen and oxygen atoms in total. The molecule has 1 heterocycles.